The standard InChI is InChI=1S/C5H5O/c1-2-4-6-5-3-1/h2-4H,5H2/q+1. The van der Waals surface area contributed by atoms with Crippen LogP contribution < -0.4 is 0 Å². The van der Waals surface area contributed by atoms with E-state index < -0.39 is 0 Å². The molecule has 1 aliphatic heterocycles. The molecule has 6 heavy (non-hydrogen) atoms. The molecule has 0 aromatic carbocycles. The minimum atomic E-state index is 0.677. The van der Waals surface area contributed by atoms with Crippen molar-refractivity contribution < 1.29 is 4.74 Å². The summed E-state index contributed by atoms with van der Waals surface area (Å²) in [6, 6.07) is 0. The Morgan fingerprint density at radius 1 is 1.67 bits per heavy atom. The molecule has 0 fully saturated rings. The van der Waals surface area contributed by atoms with Crippen LogP contribution in [0.1, 0.15) is 0 Å². The largest absolute Gasteiger partial charge is 0.408 e. The van der Waals surface area contributed by atoms with Gasteiger partial charge in [0.15, 0.2) is 12.7 Å². The molecule has 1 heterocycles. The van der Waals surface area contributed by atoms with Crippen LogP contribution >= 0.6 is 0 Å². The Morgan fingerprint density at radius 3 is 2.83 bits per heavy atom. The maximum absolute atomic E-state index is 4.77. The van der Waals surface area contributed by atoms with Gasteiger partial charge >= 0.3 is 0 Å². The van der Waals surface area contributed by atoms with Crippen LogP contribution in [0.3, 0.4) is 0 Å². The predicted molar refractivity (Wildman–Crippen MR) is 22.9 cm³/mol. The van der Waals surface area contributed by atoms with Gasteiger partial charge in [0.2, 0.25) is 6.26 Å². The van der Waals surface area contributed by atoms with Crippen LogP contribution in [0.25, 0.3) is 0 Å². The van der Waals surface area contributed by atoms with E-state index in [0.717, 1.165) is 0 Å². The van der Waals surface area contributed by atoms with E-state index in [1.54, 1.807) is 12.3 Å². The monoisotopic (exact) mass is 81.0 g/mol. The number of ether oxygens (including phenoxy) is 1. The van der Waals surface area contributed by atoms with Crippen LogP contribution in [0.2, 0.25) is 0 Å². The Kier molecular flexibility index (Phi) is 0.892. The van der Waals surface area contributed by atoms with Crippen molar-refractivity contribution in [2.75, 3.05) is 6.61 Å². The zero-order valence-corrected chi connectivity index (χ0v) is 3.35. The summed E-state index contributed by atoms with van der Waals surface area (Å²) < 4.78 is 4.77. The van der Waals surface area contributed by atoms with Crippen molar-refractivity contribution in [1.82, 2.24) is 0 Å². The molecular weight excluding hydrogens is 76.1 g/mol. The maximum atomic E-state index is 4.77. The lowest BCUT2D eigenvalue weighted by atomic mass is 10.5. The third kappa shape index (κ3) is 0.568. The molecule has 0 aromatic heterocycles. The predicted octanol–water partition coefficient (Wildman–Crippen LogP) is 0.890. The summed E-state index contributed by atoms with van der Waals surface area (Å²) in [6.45, 7) is 0.677. The number of rotatable bonds is 0. The van der Waals surface area contributed by atoms with Gasteiger partial charge in [0, 0.05) is 0 Å². The van der Waals surface area contributed by atoms with Crippen molar-refractivity contribution in [3.63, 3.8) is 0 Å². The first-order valence-electron chi connectivity index (χ1n) is 1.84. The van der Waals surface area contributed by atoms with E-state index in [0.29, 0.717) is 6.61 Å². The van der Waals surface area contributed by atoms with Gasteiger partial charge in [-0.2, -0.15) is 0 Å². The highest BCUT2D eigenvalue weighted by atomic mass is 16.5. The summed E-state index contributed by atoms with van der Waals surface area (Å²) in [5.74, 6) is 0. The van der Waals surface area contributed by atoms with Crippen molar-refractivity contribution in [3.05, 3.63) is 24.5 Å². The van der Waals surface area contributed by atoms with Crippen molar-refractivity contribution in [1.29, 1.82) is 0 Å². The fraction of sp³-hybridized carbons (Fsp3) is 0.200. The average molecular weight is 81.1 g/mol. The molecule has 0 bridgehead atoms. The summed E-state index contributed by atoms with van der Waals surface area (Å²) in [6.07, 6.45) is 8.05. The molecule has 1 aliphatic rings. The van der Waals surface area contributed by atoms with Crippen LogP contribution in [0.4, 0.5) is 0 Å². The second-order valence-corrected chi connectivity index (χ2v) is 1.01. The smallest absolute Gasteiger partial charge is 0.226 e. The van der Waals surface area contributed by atoms with Gasteiger partial charge in [0.05, 0.1) is 6.08 Å². The molecule has 1 heteroatoms. The first kappa shape index (κ1) is 3.38. The second kappa shape index (κ2) is 1.58. The topological polar surface area (TPSA) is 9.23 Å². The quantitative estimate of drug-likeness (QED) is 0.393. The minimum absolute atomic E-state index is 0.677. The fourth-order valence-corrected chi connectivity index (χ4v) is 0.307. The zero-order valence-electron chi connectivity index (χ0n) is 3.35. The third-order valence-corrected chi connectivity index (χ3v) is 0.558. The summed E-state index contributed by atoms with van der Waals surface area (Å²) in [7, 11) is 0. The summed E-state index contributed by atoms with van der Waals surface area (Å²) in [5.41, 5.74) is 0. The summed E-state index contributed by atoms with van der Waals surface area (Å²) >= 11 is 0. The normalized spacial score (nSPS) is 16.0. The van der Waals surface area contributed by atoms with Crippen LogP contribution in [-0.4, -0.2) is 6.61 Å². The lowest BCUT2D eigenvalue weighted by molar-refractivity contribution is 0.285. The van der Waals surface area contributed by atoms with E-state index in [-0.39, 0.29) is 0 Å². The third-order valence-electron chi connectivity index (χ3n) is 0.558. The molecule has 30 valence electrons. The van der Waals surface area contributed by atoms with Crippen molar-refractivity contribution in [3.8, 4) is 0 Å². The molecule has 1 nitrogen and oxygen atoms in total. The first-order chi connectivity index (χ1) is 3.00. The summed E-state index contributed by atoms with van der Waals surface area (Å²) in [5, 5.41) is 0. The molecule has 0 amide bonds. The Balaban J connectivity index is 2.46. The van der Waals surface area contributed by atoms with Crippen LogP contribution in [0.5, 0.6) is 0 Å². The molecular formula is C5H5O+. The van der Waals surface area contributed by atoms with Crippen molar-refractivity contribution in [2.45, 2.75) is 0 Å². The Bertz CT molecular complexity index is 69.9. The highest BCUT2D eigenvalue weighted by Gasteiger charge is 1.88. The lowest BCUT2D eigenvalue weighted by Gasteiger charge is -1.83. The van der Waals surface area contributed by atoms with E-state index in [1.807, 2.05) is 6.08 Å². The minimum Gasteiger partial charge on any atom is -0.408 e. The number of allylic oxidation sites excluding steroid dienone is 2. The van der Waals surface area contributed by atoms with E-state index >= 15 is 0 Å². The second-order valence-electron chi connectivity index (χ2n) is 1.01. The van der Waals surface area contributed by atoms with Gasteiger partial charge in [-0.15, -0.1) is 0 Å². The van der Waals surface area contributed by atoms with Crippen LogP contribution in [0.15, 0.2) is 18.4 Å². The van der Waals surface area contributed by atoms with Crippen LogP contribution in [0, 0.1) is 6.08 Å². The molecule has 0 spiro atoms. The highest BCUT2D eigenvalue weighted by Crippen LogP contribution is 1.85. The Morgan fingerprint density at radius 2 is 2.67 bits per heavy atom. The average Bonchev–Trinajstić information content (AvgIpc) is 1.72. The van der Waals surface area contributed by atoms with Gasteiger partial charge in [-0.3, -0.25) is 0 Å². The molecule has 1 rings (SSSR count). The molecule has 0 aliphatic carbocycles. The molecule has 0 atom stereocenters. The fourth-order valence-electron chi connectivity index (χ4n) is 0.307. The van der Waals surface area contributed by atoms with Gasteiger partial charge < -0.3 is 4.74 Å². The highest BCUT2D eigenvalue weighted by molar-refractivity contribution is 4.95. The number of hydrogen-bond donors (Lipinski definition) is 0. The molecule has 0 unspecified atom stereocenters. The Hall–Kier alpha value is -0.810. The molecule has 0 saturated heterocycles. The Labute approximate surface area is 36.9 Å². The lowest BCUT2D eigenvalue weighted by Crippen LogP contribution is -1.83. The van der Waals surface area contributed by atoms with Gasteiger partial charge in [-0.05, 0) is 0 Å². The van der Waals surface area contributed by atoms with Crippen molar-refractivity contribution >= 4 is 0 Å². The molecule has 0 aromatic rings. The van der Waals surface area contributed by atoms with Crippen molar-refractivity contribution in [2.24, 2.45) is 0 Å². The van der Waals surface area contributed by atoms with Gasteiger partial charge in [0.1, 0.15) is 6.08 Å². The summed E-state index contributed by atoms with van der Waals surface area (Å²) in [4.78, 5) is 0. The maximum Gasteiger partial charge on any atom is 0.226 e. The van der Waals surface area contributed by atoms with Gasteiger partial charge in [-0.25, -0.2) is 0 Å². The van der Waals surface area contributed by atoms with Gasteiger partial charge in [-0.1, -0.05) is 0 Å². The van der Waals surface area contributed by atoms with E-state index in [2.05, 4.69) is 6.08 Å². The van der Waals surface area contributed by atoms with E-state index in [1.165, 1.54) is 0 Å². The van der Waals surface area contributed by atoms with Crippen LogP contribution in [-0.2, 0) is 4.74 Å². The first-order valence-corrected chi connectivity index (χ1v) is 1.84. The number of hydrogen-bond acceptors (Lipinski definition) is 1. The van der Waals surface area contributed by atoms with Gasteiger partial charge in [0.25, 0.3) is 0 Å². The molecule has 0 saturated carbocycles. The van der Waals surface area contributed by atoms with E-state index in [9.17, 15) is 0 Å². The molecule has 0 N–H and O–H groups in total. The molecule has 0 radical (unpaired) electrons. The van der Waals surface area contributed by atoms with E-state index in [4.69, 9.17) is 4.74 Å². The SMILES string of the molecule is [C+]1=CCOC=C1. The zero-order chi connectivity index (χ0) is 4.24.